The molecule has 0 aromatic heterocycles. The first-order valence-electron chi connectivity index (χ1n) is 6.67. The molecule has 0 aromatic rings. The number of hydrogen-bond donors (Lipinski definition) is 1. The van der Waals surface area contributed by atoms with E-state index in [1.165, 1.54) is 4.90 Å². The Morgan fingerprint density at radius 2 is 1.84 bits per heavy atom. The van der Waals surface area contributed by atoms with Gasteiger partial charge in [0.25, 0.3) is 0 Å². The fourth-order valence-corrected chi connectivity index (χ4v) is 2.16. The minimum atomic E-state index is -4.18. The monoisotopic (exact) mass is 281 g/mol. The summed E-state index contributed by atoms with van der Waals surface area (Å²) in [5.41, 5.74) is 5.79. The third-order valence-corrected chi connectivity index (χ3v) is 3.27. The molecule has 2 N–H and O–H groups in total. The lowest BCUT2D eigenvalue weighted by Gasteiger charge is -2.36. The second kappa shape index (κ2) is 7.09. The van der Waals surface area contributed by atoms with Gasteiger partial charge in [0, 0.05) is 26.2 Å². The van der Waals surface area contributed by atoms with Crippen LogP contribution in [0.2, 0.25) is 0 Å². The molecule has 0 bridgehead atoms. The molecule has 1 rings (SSSR count). The molecule has 1 saturated heterocycles. The third-order valence-electron chi connectivity index (χ3n) is 3.27. The van der Waals surface area contributed by atoms with E-state index in [0.29, 0.717) is 19.5 Å². The van der Waals surface area contributed by atoms with E-state index in [0.717, 1.165) is 12.8 Å². The van der Waals surface area contributed by atoms with Crippen LogP contribution in [0.1, 0.15) is 26.2 Å². The maximum absolute atomic E-state index is 12.2. The van der Waals surface area contributed by atoms with Crippen LogP contribution in [0.4, 0.5) is 13.2 Å². The Balaban J connectivity index is 2.34. The average Bonchev–Trinajstić information content (AvgIpc) is 2.34. The molecular formula is C12H22F3N3O. The highest BCUT2D eigenvalue weighted by atomic mass is 19.4. The summed E-state index contributed by atoms with van der Waals surface area (Å²) in [5, 5.41) is 0. The number of amides is 1. The van der Waals surface area contributed by atoms with Crippen LogP contribution >= 0.6 is 0 Å². The molecule has 1 amide bonds. The molecule has 1 fully saturated rings. The van der Waals surface area contributed by atoms with E-state index >= 15 is 0 Å². The number of rotatable bonds is 5. The molecule has 112 valence electrons. The van der Waals surface area contributed by atoms with E-state index in [9.17, 15) is 18.0 Å². The van der Waals surface area contributed by atoms with Crippen LogP contribution in [0.5, 0.6) is 0 Å². The van der Waals surface area contributed by atoms with Gasteiger partial charge in [-0.1, -0.05) is 19.8 Å². The number of carbonyl (C=O) groups is 1. The van der Waals surface area contributed by atoms with Crippen molar-refractivity contribution in [2.75, 3.05) is 32.7 Å². The van der Waals surface area contributed by atoms with E-state index < -0.39 is 18.8 Å². The number of hydrogen-bond acceptors (Lipinski definition) is 3. The predicted molar refractivity (Wildman–Crippen MR) is 66.6 cm³/mol. The van der Waals surface area contributed by atoms with Gasteiger partial charge in [0.05, 0.1) is 12.6 Å². The number of carbonyl (C=O) groups excluding carboxylic acids is 1. The van der Waals surface area contributed by atoms with E-state index in [2.05, 4.69) is 0 Å². The number of nitrogens with zero attached hydrogens (tertiary/aromatic N) is 2. The van der Waals surface area contributed by atoms with Crippen molar-refractivity contribution in [1.29, 1.82) is 0 Å². The van der Waals surface area contributed by atoms with Gasteiger partial charge in [0.2, 0.25) is 5.91 Å². The normalized spacial score (nSPS) is 19.5. The number of alkyl halides is 3. The SMILES string of the molecule is CCCC[C@H](N)C(=O)N1CCN(CC(F)(F)F)CC1. The number of nitrogens with two attached hydrogens (primary N) is 1. The lowest BCUT2D eigenvalue weighted by Crippen LogP contribution is -2.54. The molecule has 1 atom stereocenters. The van der Waals surface area contributed by atoms with Gasteiger partial charge in [0.1, 0.15) is 0 Å². The summed E-state index contributed by atoms with van der Waals surface area (Å²) in [6.07, 6.45) is -1.68. The molecular weight excluding hydrogens is 259 g/mol. The maximum atomic E-state index is 12.2. The molecule has 0 spiro atoms. The Labute approximate surface area is 111 Å². The molecule has 0 unspecified atom stereocenters. The molecule has 0 aromatic carbocycles. The zero-order valence-corrected chi connectivity index (χ0v) is 11.2. The zero-order valence-electron chi connectivity index (χ0n) is 11.2. The van der Waals surface area contributed by atoms with Crippen LogP contribution in [0.25, 0.3) is 0 Å². The van der Waals surface area contributed by atoms with E-state index in [-0.39, 0.29) is 19.0 Å². The number of piperazine rings is 1. The Morgan fingerprint density at radius 3 is 2.32 bits per heavy atom. The molecule has 7 heteroatoms. The van der Waals surface area contributed by atoms with Gasteiger partial charge in [-0.3, -0.25) is 9.69 Å². The van der Waals surface area contributed by atoms with Crippen molar-refractivity contribution in [2.24, 2.45) is 5.73 Å². The molecule has 0 radical (unpaired) electrons. The van der Waals surface area contributed by atoms with Crippen LogP contribution in [0.3, 0.4) is 0 Å². The van der Waals surface area contributed by atoms with E-state index in [1.54, 1.807) is 4.90 Å². The van der Waals surface area contributed by atoms with Crippen LogP contribution in [0.15, 0.2) is 0 Å². The summed E-state index contributed by atoms with van der Waals surface area (Å²) in [6, 6.07) is -0.519. The molecule has 19 heavy (non-hydrogen) atoms. The van der Waals surface area contributed by atoms with Gasteiger partial charge in [-0.15, -0.1) is 0 Å². The maximum Gasteiger partial charge on any atom is 0.401 e. The summed E-state index contributed by atoms with van der Waals surface area (Å²) < 4.78 is 36.7. The Kier molecular flexibility index (Phi) is 6.06. The van der Waals surface area contributed by atoms with Crippen molar-refractivity contribution < 1.29 is 18.0 Å². The van der Waals surface area contributed by atoms with Gasteiger partial charge in [0.15, 0.2) is 0 Å². The van der Waals surface area contributed by atoms with Crippen LogP contribution in [0, 0.1) is 0 Å². The van der Waals surface area contributed by atoms with Gasteiger partial charge < -0.3 is 10.6 Å². The smallest absolute Gasteiger partial charge is 0.339 e. The predicted octanol–water partition coefficient (Wildman–Crippen LogP) is 1.21. The highest BCUT2D eigenvalue weighted by molar-refractivity contribution is 5.81. The topological polar surface area (TPSA) is 49.6 Å². The minimum absolute atomic E-state index is 0.139. The standard InChI is InChI=1S/C12H22F3N3O/c1-2-3-4-10(16)11(19)18-7-5-17(6-8-18)9-12(13,14)15/h10H,2-9,16H2,1H3/t10-/m0/s1. The Bertz CT molecular complexity index is 288. The van der Waals surface area contributed by atoms with Crippen molar-refractivity contribution >= 4 is 5.91 Å². The fraction of sp³-hybridized carbons (Fsp3) is 0.917. The summed E-state index contributed by atoms with van der Waals surface area (Å²) in [6.45, 7) is 2.28. The highest BCUT2D eigenvalue weighted by Crippen LogP contribution is 2.17. The molecule has 1 aliphatic heterocycles. The van der Waals surface area contributed by atoms with Crippen LogP contribution < -0.4 is 5.73 Å². The molecule has 4 nitrogen and oxygen atoms in total. The van der Waals surface area contributed by atoms with Crippen molar-refractivity contribution in [3.63, 3.8) is 0 Å². The second-order valence-electron chi connectivity index (χ2n) is 4.97. The Hall–Kier alpha value is -0.820. The second-order valence-corrected chi connectivity index (χ2v) is 4.97. The fourth-order valence-electron chi connectivity index (χ4n) is 2.16. The van der Waals surface area contributed by atoms with Crippen molar-refractivity contribution in [3.05, 3.63) is 0 Å². The first-order valence-corrected chi connectivity index (χ1v) is 6.67. The highest BCUT2D eigenvalue weighted by Gasteiger charge is 2.33. The third kappa shape index (κ3) is 5.78. The molecule has 0 aliphatic carbocycles. The summed E-state index contributed by atoms with van der Waals surface area (Å²) in [7, 11) is 0. The van der Waals surface area contributed by atoms with E-state index in [4.69, 9.17) is 5.73 Å². The van der Waals surface area contributed by atoms with Gasteiger partial charge in [-0.25, -0.2) is 0 Å². The molecule has 0 saturated carbocycles. The lowest BCUT2D eigenvalue weighted by molar-refractivity contribution is -0.152. The Morgan fingerprint density at radius 1 is 1.26 bits per heavy atom. The summed E-state index contributed by atoms with van der Waals surface area (Å²) in [4.78, 5) is 14.9. The lowest BCUT2D eigenvalue weighted by atomic mass is 10.1. The van der Waals surface area contributed by atoms with Crippen molar-refractivity contribution in [3.8, 4) is 0 Å². The zero-order chi connectivity index (χ0) is 14.5. The van der Waals surface area contributed by atoms with Crippen molar-refractivity contribution in [1.82, 2.24) is 9.80 Å². The molecule has 1 aliphatic rings. The van der Waals surface area contributed by atoms with Gasteiger partial charge in [-0.05, 0) is 6.42 Å². The number of unbranched alkanes of at least 4 members (excludes halogenated alkanes) is 1. The van der Waals surface area contributed by atoms with Crippen molar-refractivity contribution in [2.45, 2.75) is 38.4 Å². The number of halogens is 3. The quantitative estimate of drug-likeness (QED) is 0.824. The minimum Gasteiger partial charge on any atom is -0.339 e. The summed E-state index contributed by atoms with van der Waals surface area (Å²) >= 11 is 0. The van der Waals surface area contributed by atoms with Gasteiger partial charge in [-0.2, -0.15) is 13.2 Å². The summed E-state index contributed by atoms with van der Waals surface area (Å²) in [5.74, 6) is -0.139. The van der Waals surface area contributed by atoms with E-state index in [1.807, 2.05) is 6.92 Å². The van der Waals surface area contributed by atoms with Gasteiger partial charge >= 0.3 is 6.18 Å². The molecule has 1 heterocycles. The van der Waals surface area contributed by atoms with Crippen LogP contribution in [-0.4, -0.2) is 60.6 Å². The largest absolute Gasteiger partial charge is 0.401 e. The average molecular weight is 281 g/mol. The first kappa shape index (κ1) is 16.2. The van der Waals surface area contributed by atoms with Crippen LogP contribution in [-0.2, 0) is 4.79 Å². The first-order chi connectivity index (χ1) is 8.83.